The fourth-order valence-electron chi connectivity index (χ4n) is 0.301. The molecule has 7 heteroatoms. The lowest BCUT2D eigenvalue weighted by Gasteiger charge is -2.11. The molecule has 14 heavy (non-hydrogen) atoms. The zero-order valence-corrected chi connectivity index (χ0v) is 10.4. The van der Waals surface area contributed by atoms with E-state index < -0.39 is 18.3 Å². The number of rotatable bonds is 5. The van der Waals surface area contributed by atoms with Gasteiger partial charge in [-0.3, -0.25) is 0 Å². The van der Waals surface area contributed by atoms with Crippen LogP contribution in [0.15, 0.2) is 0 Å². The Morgan fingerprint density at radius 2 is 1.14 bits per heavy atom. The second kappa shape index (κ2) is 12.0. The fraction of sp³-hybridized carbons (Fsp3) is 1.00. The Balaban J connectivity index is 0. The highest BCUT2D eigenvalue weighted by Gasteiger charge is 2.10. The molecule has 0 amide bonds. The molecule has 1 unspecified atom stereocenters. The van der Waals surface area contributed by atoms with Crippen LogP contribution >= 0.6 is 37.9 Å². The summed E-state index contributed by atoms with van der Waals surface area (Å²) in [5.74, 6) is 0.889. The monoisotopic (exact) mass is 262 g/mol. The minimum Gasteiger partial charge on any atom is -0.394 e. The smallest absolute Gasteiger partial charge is 0.0894 e. The van der Waals surface area contributed by atoms with E-state index in [2.05, 4.69) is 37.9 Å². The molecule has 0 aliphatic carbocycles. The number of aliphatic hydroxyl groups is 4. The molecule has 88 valence electrons. The molecule has 0 aromatic heterocycles. The summed E-state index contributed by atoms with van der Waals surface area (Å²) in [6, 6.07) is 0. The van der Waals surface area contributed by atoms with E-state index in [0.717, 1.165) is 0 Å². The summed E-state index contributed by atoms with van der Waals surface area (Å²) in [5, 5.41) is 33.9. The lowest BCUT2D eigenvalue weighted by atomic mass is 10.3. The number of hydrogen-bond donors (Lipinski definition) is 7. The zero-order chi connectivity index (χ0) is 11.6. The Morgan fingerprint density at radius 3 is 1.21 bits per heavy atom. The van der Waals surface area contributed by atoms with Gasteiger partial charge in [-0.2, -0.15) is 37.9 Å². The molecule has 3 atom stereocenters. The molecule has 0 radical (unpaired) electrons. The molecule has 0 aliphatic rings. The highest BCUT2D eigenvalue weighted by Crippen LogP contribution is 1.96. The number of hydrogen-bond acceptors (Lipinski definition) is 7. The van der Waals surface area contributed by atoms with Gasteiger partial charge >= 0.3 is 0 Å². The maximum atomic E-state index is 8.75. The van der Waals surface area contributed by atoms with Crippen molar-refractivity contribution in [1.29, 1.82) is 0 Å². The highest BCUT2D eigenvalue weighted by atomic mass is 32.1. The van der Waals surface area contributed by atoms with Gasteiger partial charge in [-0.15, -0.1) is 0 Å². The van der Waals surface area contributed by atoms with E-state index in [-0.39, 0.29) is 18.1 Å². The first-order valence-electron chi connectivity index (χ1n) is 4.01. The molecule has 0 aromatic carbocycles. The van der Waals surface area contributed by atoms with Crippen molar-refractivity contribution in [3.63, 3.8) is 0 Å². The Hall–Kier alpha value is 0.890. The molecule has 0 saturated heterocycles. The fourth-order valence-corrected chi connectivity index (χ4v) is 0.903. The quantitative estimate of drug-likeness (QED) is 0.319. The van der Waals surface area contributed by atoms with Crippen molar-refractivity contribution in [2.75, 3.05) is 23.9 Å². The molecule has 0 bridgehead atoms. The summed E-state index contributed by atoms with van der Waals surface area (Å²) < 4.78 is 0. The average Bonchev–Trinajstić information content (AvgIpc) is 2.26. The van der Waals surface area contributed by atoms with Crippen molar-refractivity contribution in [1.82, 2.24) is 0 Å². The lowest BCUT2D eigenvalue weighted by Crippen LogP contribution is -2.28. The third-order valence-corrected chi connectivity index (χ3v) is 2.41. The normalized spacial score (nSPS) is 16.5. The van der Waals surface area contributed by atoms with Crippen molar-refractivity contribution >= 4 is 37.9 Å². The van der Waals surface area contributed by atoms with Gasteiger partial charge in [-0.1, -0.05) is 0 Å². The van der Waals surface area contributed by atoms with Crippen molar-refractivity contribution in [3.05, 3.63) is 0 Å². The van der Waals surface area contributed by atoms with Crippen LogP contribution in [0.4, 0.5) is 0 Å². The average molecular weight is 262 g/mol. The number of thiol groups is 3. The van der Waals surface area contributed by atoms with Crippen LogP contribution in [-0.2, 0) is 0 Å². The SMILES string of the molecule is OCC(O)CS.O[C@H](CS)[C@H](O)CS. The Kier molecular flexibility index (Phi) is 14.8. The second-order valence-electron chi connectivity index (χ2n) is 2.52. The lowest BCUT2D eigenvalue weighted by molar-refractivity contribution is 0.0504. The second-order valence-corrected chi connectivity index (χ2v) is 3.61. The van der Waals surface area contributed by atoms with Crippen LogP contribution in [0.2, 0.25) is 0 Å². The van der Waals surface area contributed by atoms with E-state index in [1.54, 1.807) is 0 Å². The van der Waals surface area contributed by atoms with Gasteiger partial charge in [0.15, 0.2) is 0 Å². The third kappa shape index (κ3) is 11.0. The van der Waals surface area contributed by atoms with Gasteiger partial charge in [0.2, 0.25) is 0 Å². The van der Waals surface area contributed by atoms with Gasteiger partial charge in [-0.25, -0.2) is 0 Å². The minimum atomic E-state index is -0.740. The first-order valence-corrected chi connectivity index (χ1v) is 5.90. The van der Waals surface area contributed by atoms with Crippen LogP contribution in [0.25, 0.3) is 0 Å². The standard InChI is InChI=1S/C4H10O2S2.C3H8O2S/c5-3(1-7)4(6)2-8;4-1-3(5)2-6/h3-8H,1-2H2;3-6H,1-2H2/t3-,4-;/m1./s1. The largest absolute Gasteiger partial charge is 0.394 e. The molecule has 0 saturated carbocycles. The van der Waals surface area contributed by atoms with Crippen LogP contribution in [0.1, 0.15) is 0 Å². The molecule has 0 spiro atoms. The van der Waals surface area contributed by atoms with Gasteiger partial charge < -0.3 is 20.4 Å². The Bertz CT molecular complexity index is 105. The van der Waals surface area contributed by atoms with Gasteiger partial charge in [-0.05, 0) is 0 Å². The zero-order valence-electron chi connectivity index (χ0n) is 7.69. The van der Waals surface area contributed by atoms with Crippen molar-refractivity contribution in [3.8, 4) is 0 Å². The molecule has 4 nitrogen and oxygen atoms in total. The summed E-state index contributed by atoms with van der Waals surface area (Å²) in [6.07, 6.45) is -2.13. The van der Waals surface area contributed by atoms with Crippen LogP contribution in [0.3, 0.4) is 0 Å². The van der Waals surface area contributed by atoms with Crippen LogP contribution < -0.4 is 0 Å². The maximum Gasteiger partial charge on any atom is 0.0894 e. The summed E-state index contributed by atoms with van der Waals surface area (Å²) >= 11 is 11.2. The highest BCUT2D eigenvalue weighted by molar-refractivity contribution is 7.80. The molecule has 4 N–H and O–H groups in total. The maximum absolute atomic E-state index is 8.75. The summed E-state index contributed by atoms with van der Waals surface area (Å²) in [4.78, 5) is 0. The first kappa shape index (κ1) is 17.3. The van der Waals surface area contributed by atoms with Gasteiger partial charge in [0.1, 0.15) is 0 Å². The molecule has 0 aliphatic heterocycles. The summed E-state index contributed by atoms with van der Waals surface area (Å²) in [5.41, 5.74) is 0. The van der Waals surface area contributed by atoms with E-state index in [0.29, 0.717) is 5.75 Å². The van der Waals surface area contributed by atoms with Crippen molar-refractivity contribution in [2.45, 2.75) is 18.3 Å². The van der Waals surface area contributed by atoms with Crippen LogP contribution in [0.5, 0.6) is 0 Å². The van der Waals surface area contributed by atoms with E-state index >= 15 is 0 Å². The molecule has 0 rings (SSSR count). The predicted molar refractivity (Wildman–Crippen MR) is 66.7 cm³/mol. The van der Waals surface area contributed by atoms with E-state index in [9.17, 15) is 0 Å². The first-order chi connectivity index (χ1) is 6.53. The Morgan fingerprint density at radius 1 is 0.786 bits per heavy atom. The molecule has 0 fully saturated rings. The van der Waals surface area contributed by atoms with Crippen molar-refractivity contribution < 1.29 is 20.4 Å². The van der Waals surface area contributed by atoms with E-state index in [1.165, 1.54) is 0 Å². The van der Waals surface area contributed by atoms with Crippen LogP contribution in [-0.4, -0.2) is 62.6 Å². The molecule has 0 aromatic rings. The summed E-state index contributed by atoms with van der Waals surface area (Å²) in [7, 11) is 0. The van der Waals surface area contributed by atoms with Crippen LogP contribution in [0, 0.1) is 0 Å². The Labute approximate surface area is 101 Å². The van der Waals surface area contributed by atoms with Crippen molar-refractivity contribution in [2.24, 2.45) is 0 Å². The minimum absolute atomic E-state index is 0.191. The summed E-state index contributed by atoms with van der Waals surface area (Å²) in [6.45, 7) is -0.191. The predicted octanol–water partition coefficient (Wildman–Crippen LogP) is -1.16. The molecular formula is C7H18O4S3. The topological polar surface area (TPSA) is 80.9 Å². The van der Waals surface area contributed by atoms with E-state index in [1.807, 2.05) is 0 Å². The van der Waals surface area contributed by atoms with E-state index in [4.69, 9.17) is 20.4 Å². The van der Waals surface area contributed by atoms with Gasteiger partial charge in [0, 0.05) is 17.3 Å². The third-order valence-electron chi connectivity index (χ3n) is 1.24. The molecular weight excluding hydrogens is 244 g/mol. The van der Waals surface area contributed by atoms with Gasteiger partial charge in [0.05, 0.1) is 24.9 Å². The van der Waals surface area contributed by atoms with Gasteiger partial charge in [0.25, 0.3) is 0 Å². The molecule has 0 heterocycles. The number of aliphatic hydroxyl groups excluding tert-OH is 4.